The van der Waals surface area contributed by atoms with Gasteiger partial charge in [-0.05, 0) is 44.4 Å². The van der Waals surface area contributed by atoms with Crippen molar-refractivity contribution in [2.75, 3.05) is 0 Å². The summed E-state index contributed by atoms with van der Waals surface area (Å²) in [7, 11) is -1.29. The molecule has 0 aliphatic heterocycles. The van der Waals surface area contributed by atoms with Crippen LogP contribution in [0.15, 0.2) is 6.20 Å². The van der Waals surface area contributed by atoms with Gasteiger partial charge >= 0.3 is 6.09 Å². The molecule has 1 heterocycles. The van der Waals surface area contributed by atoms with Crippen molar-refractivity contribution in [1.29, 1.82) is 0 Å². The zero-order valence-electron chi connectivity index (χ0n) is 14.6. The van der Waals surface area contributed by atoms with E-state index in [-0.39, 0.29) is 11.9 Å². The lowest BCUT2D eigenvalue weighted by Gasteiger charge is -2.21. The fraction of sp³-hybridized carbons (Fsp3) is 0.647. The Morgan fingerprint density at radius 2 is 1.91 bits per heavy atom. The van der Waals surface area contributed by atoms with Gasteiger partial charge in [0.2, 0.25) is 0 Å². The Bertz CT molecular complexity index is 603. The summed E-state index contributed by atoms with van der Waals surface area (Å²) in [6.45, 7) is 12.5. The fourth-order valence-corrected chi connectivity index (χ4v) is 4.32. The van der Waals surface area contributed by atoms with E-state index in [0.29, 0.717) is 12.8 Å². The second kappa shape index (κ2) is 5.69. The lowest BCUT2D eigenvalue weighted by atomic mass is 9.94. The van der Waals surface area contributed by atoms with Crippen LogP contribution in [-0.2, 0) is 28.4 Å². The van der Waals surface area contributed by atoms with Crippen LogP contribution in [0.4, 0.5) is 4.79 Å². The first-order valence-corrected chi connectivity index (χ1v) is 11.6. The van der Waals surface area contributed by atoms with E-state index in [9.17, 15) is 9.59 Å². The van der Waals surface area contributed by atoms with Crippen LogP contribution in [0.2, 0.25) is 19.6 Å². The van der Waals surface area contributed by atoms with E-state index in [0.717, 1.165) is 18.2 Å². The summed E-state index contributed by atoms with van der Waals surface area (Å²) in [5.74, 6) is 0.204. The molecule has 4 nitrogen and oxygen atoms in total. The summed E-state index contributed by atoms with van der Waals surface area (Å²) in [4.78, 5) is 24.3. The summed E-state index contributed by atoms with van der Waals surface area (Å²) in [5.41, 5.74) is 2.74. The lowest BCUT2D eigenvalue weighted by molar-refractivity contribution is -0.118. The topological polar surface area (TPSA) is 48.3 Å². The fourth-order valence-electron chi connectivity index (χ4n) is 2.88. The van der Waals surface area contributed by atoms with Crippen molar-refractivity contribution >= 4 is 20.0 Å². The van der Waals surface area contributed by atoms with E-state index in [2.05, 4.69) is 19.6 Å². The van der Waals surface area contributed by atoms with Crippen molar-refractivity contribution in [1.82, 2.24) is 4.57 Å². The Balaban J connectivity index is 2.41. The van der Waals surface area contributed by atoms with Gasteiger partial charge in [-0.25, -0.2) is 4.79 Å². The van der Waals surface area contributed by atoms with E-state index >= 15 is 0 Å². The number of hydrogen-bond acceptors (Lipinski definition) is 3. The number of ketones is 1. The molecule has 22 heavy (non-hydrogen) atoms. The second-order valence-corrected chi connectivity index (χ2v) is 13.9. The molecule has 5 heteroatoms. The number of carbonyl (C=O) groups excluding carboxylic acids is 2. The molecule has 1 aromatic rings. The molecular formula is C17H27NO3Si. The molecule has 0 atom stereocenters. The molecule has 0 saturated heterocycles. The molecule has 0 fully saturated rings. The molecule has 0 bridgehead atoms. The van der Waals surface area contributed by atoms with Crippen molar-refractivity contribution in [3.05, 3.63) is 23.0 Å². The molecule has 0 amide bonds. The number of nitrogens with zero attached hydrogens (tertiary/aromatic N) is 1. The SMILES string of the molecule is CC(C)(C)OC(=O)n1cc(C[Si](C)(C)C)c2c1CC(=O)CC2. The maximum atomic E-state index is 12.5. The van der Waals surface area contributed by atoms with Gasteiger partial charge in [-0.15, -0.1) is 0 Å². The Morgan fingerprint density at radius 3 is 2.45 bits per heavy atom. The van der Waals surface area contributed by atoms with Crippen LogP contribution in [0, 0.1) is 0 Å². The van der Waals surface area contributed by atoms with Crippen LogP contribution in [0.1, 0.15) is 44.0 Å². The average molecular weight is 321 g/mol. The Labute approximate surface area is 133 Å². The van der Waals surface area contributed by atoms with Crippen LogP contribution in [-0.4, -0.2) is 30.1 Å². The zero-order chi connectivity index (χ0) is 16.7. The molecule has 1 aromatic heterocycles. The molecule has 0 spiro atoms. The number of hydrogen-bond donors (Lipinski definition) is 0. The van der Waals surface area contributed by atoms with Crippen LogP contribution < -0.4 is 0 Å². The lowest BCUT2D eigenvalue weighted by Crippen LogP contribution is -2.29. The summed E-state index contributed by atoms with van der Waals surface area (Å²) in [5, 5.41) is 0. The normalized spacial score (nSPS) is 15.6. The largest absolute Gasteiger partial charge is 0.443 e. The predicted octanol–water partition coefficient (Wildman–Crippen LogP) is 3.75. The number of aromatic nitrogens is 1. The molecule has 0 unspecified atom stereocenters. The van der Waals surface area contributed by atoms with Gasteiger partial charge in [0, 0.05) is 32.8 Å². The van der Waals surface area contributed by atoms with Gasteiger partial charge in [0.1, 0.15) is 11.4 Å². The highest BCUT2D eigenvalue weighted by Crippen LogP contribution is 2.28. The molecule has 0 N–H and O–H groups in total. The molecule has 1 aliphatic rings. The standard InChI is InChI=1S/C17H27NO3Si/c1-17(2,3)21-16(20)18-10-12(11-22(4,5)6)14-8-7-13(19)9-15(14)18/h10H,7-9,11H2,1-6H3. The Kier molecular flexibility index (Phi) is 4.39. The molecule has 2 rings (SSSR count). The highest BCUT2D eigenvalue weighted by molar-refractivity contribution is 6.75. The molecule has 0 saturated carbocycles. The van der Waals surface area contributed by atoms with Crippen molar-refractivity contribution in [3.8, 4) is 0 Å². The number of fused-ring (bicyclic) bond motifs is 1. The van der Waals surface area contributed by atoms with Crippen LogP contribution in [0.5, 0.6) is 0 Å². The van der Waals surface area contributed by atoms with Gasteiger partial charge in [0.05, 0.1) is 0 Å². The van der Waals surface area contributed by atoms with Crippen molar-refractivity contribution in [2.24, 2.45) is 0 Å². The smallest absolute Gasteiger partial charge is 0.418 e. The second-order valence-electron chi connectivity index (χ2n) is 8.38. The van der Waals surface area contributed by atoms with Crippen LogP contribution >= 0.6 is 0 Å². The number of ether oxygens (including phenoxy) is 1. The zero-order valence-corrected chi connectivity index (χ0v) is 15.6. The Morgan fingerprint density at radius 1 is 1.27 bits per heavy atom. The first-order chi connectivity index (χ1) is 9.96. The van der Waals surface area contributed by atoms with E-state index in [1.807, 2.05) is 27.0 Å². The molecular weight excluding hydrogens is 294 g/mol. The molecule has 0 aromatic carbocycles. The predicted molar refractivity (Wildman–Crippen MR) is 90.1 cm³/mol. The van der Waals surface area contributed by atoms with Gasteiger partial charge in [0.25, 0.3) is 0 Å². The Hall–Kier alpha value is -1.36. The van der Waals surface area contributed by atoms with Gasteiger partial charge in [-0.2, -0.15) is 0 Å². The number of carbonyl (C=O) groups is 2. The average Bonchev–Trinajstić information content (AvgIpc) is 2.63. The van der Waals surface area contributed by atoms with Gasteiger partial charge in [-0.1, -0.05) is 19.6 Å². The first kappa shape index (κ1) is 17.0. The molecule has 122 valence electrons. The number of rotatable bonds is 2. The maximum absolute atomic E-state index is 12.5. The van der Waals surface area contributed by atoms with Crippen LogP contribution in [0.3, 0.4) is 0 Å². The minimum Gasteiger partial charge on any atom is -0.443 e. The van der Waals surface area contributed by atoms with Crippen molar-refractivity contribution < 1.29 is 14.3 Å². The summed E-state index contributed by atoms with van der Waals surface area (Å²) >= 11 is 0. The van der Waals surface area contributed by atoms with Crippen molar-refractivity contribution in [3.63, 3.8) is 0 Å². The van der Waals surface area contributed by atoms with Crippen LogP contribution in [0.25, 0.3) is 0 Å². The van der Waals surface area contributed by atoms with E-state index in [4.69, 9.17) is 4.74 Å². The highest BCUT2D eigenvalue weighted by atomic mass is 28.3. The van der Waals surface area contributed by atoms with Gasteiger partial charge in [-0.3, -0.25) is 9.36 Å². The molecule has 0 radical (unpaired) electrons. The highest BCUT2D eigenvalue weighted by Gasteiger charge is 2.29. The number of Topliss-reactive ketones (excluding diaryl/α,β-unsaturated/α-hetero) is 1. The maximum Gasteiger partial charge on any atom is 0.418 e. The summed E-state index contributed by atoms with van der Waals surface area (Å²) < 4.78 is 7.07. The van der Waals surface area contributed by atoms with Crippen molar-refractivity contribution in [2.45, 2.75) is 71.3 Å². The monoisotopic (exact) mass is 321 g/mol. The van der Waals surface area contributed by atoms with Gasteiger partial charge < -0.3 is 4.74 Å². The third-order valence-electron chi connectivity index (χ3n) is 3.64. The summed E-state index contributed by atoms with van der Waals surface area (Å²) in [6.07, 6.45) is 3.23. The van der Waals surface area contributed by atoms with E-state index in [1.54, 1.807) is 4.57 Å². The minimum atomic E-state index is -1.29. The van der Waals surface area contributed by atoms with Gasteiger partial charge in [0.15, 0.2) is 0 Å². The molecule has 1 aliphatic carbocycles. The quantitative estimate of drug-likeness (QED) is 0.779. The van der Waals surface area contributed by atoms with E-state index < -0.39 is 13.7 Å². The third-order valence-corrected chi connectivity index (χ3v) is 5.08. The van der Waals surface area contributed by atoms with E-state index in [1.165, 1.54) is 11.1 Å². The third kappa shape index (κ3) is 4.09. The first-order valence-electron chi connectivity index (χ1n) is 7.93. The minimum absolute atomic E-state index is 0.204. The summed E-state index contributed by atoms with van der Waals surface area (Å²) in [6, 6.07) is 1.03.